The second kappa shape index (κ2) is 6.80. The Morgan fingerprint density at radius 3 is 2.24 bits per heavy atom. The number of hydrogen-bond donors (Lipinski definition) is 2. The van der Waals surface area contributed by atoms with Gasteiger partial charge in [-0.25, -0.2) is 5.43 Å². The van der Waals surface area contributed by atoms with Gasteiger partial charge in [-0.1, -0.05) is 29.8 Å². The zero-order valence-corrected chi connectivity index (χ0v) is 13.1. The molecule has 0 radical (unpaired) electrons. The first-order chi connectivity index (χ1) is 10.1. The Balaban J connectivity index is 2.53. The van der Waals surface area contributed by atoms with Crippen molar-refractivity contribution >= 4 is 11.6 Å². The van der Waals surface area contributed by atoms with E-state index in [2.05, 4.69) is 5.43 Å². The van der Waals surface area contributed by atoms with E-state index >= 15 is 0 Å². The van der Waals surface area contributed by atoms with E-state index in [4.69, 9.17) is 26.9 Å². The molecule has 112 valence electrons. The standard InChI is InChI=1S/C16H19ClN2O2/c1-10-5-4-6-14(15(10)17)16(19-18)11-7-12(20-2)9-13(8-11)21-3/h4-9,16,19H,18H2,1-3H3. The van der Waals surface area contributed by atoms with Crippen molar-refractivity contribution in [3.8, 4) is 11.5 Å². The summed E-state index contributed by atoms with van der Waals surface area (Å²) in [4.78, 5) is 0. The molecule has 1 atom stereocenters. The highest BCUT2D eigenvalue weighted by Gasteiger charge is 2.18. The molecule has 0 fully saturated rings. The molecule has 4 nitrogen and oxygen atoms in total. The van der Waals surface area contributed by atoms with Crippen molar-refractivity contribution < 1.29 is 9.47 Å². The molecule has 3 N–H and O–H groups in total. The molecule has 0 amide bonds. The van der Waals surface area contributed by atoms with Gasteiger partial charge in [0.1, 0.15) is 11.5 Å². The maximum absolute atomic E-state index is 6.41. The van der Waals surface area contributed by atoms with Crippen molar-refractivity contribution in [3.63, 3.8) is 0 Å². The summed E-state index contributed by atoms with van der Waals surface area (Å²) in [6, 6.07) is 11.3. The fourth-order valence-electron chi connectivity index (χ4n) is 2.25. The highest BCUT2D eigenvalue weighted by molar-refractivity contribution is 6.32. The molecule has 0 spiro atoms. The number of ether oxygens (including phenoxy) is 2. The van der Waals surface area contributed by atoms with Gasteiger partial charge in [-0.3, -0.25) is 5.84 Å². The van der Waals surface area contributed by atoms with E-state index in [1.54, 1.807) is 14.2 Å². The molecule has 0 saturated carbocycles. The Labute approximate surface area is 129 Å². The monoisotopic (exact) mass is 306 g/mol. The van der Waals surface area contributed by atoms with Gasteiger partial charge in [0.2, 0.25) is 0 Å². The molecule has 0 saturated heterocycles. The van der Waals surface area contributed by atoms with Gasteiger partial charge in [0.15, 0.2) is 0 Å². The van der Waals surface area contributed by atoms with Crippen LogP contribution >= 0.6 is 11.6 Å². The van der Waals surface area contributed by atoms with E-state index in [1.165, 1.54) is 0 Å². The summed E-state index contributed by atoms with van der Waals surface area (Å²) >= 11 is 6.41. The molecule has 0 aromatic heterocycles. The number of hydrazine groups is 1. The van der Waals surface area contributed by atoms with Gasteiger partial charge < -0.3 is 9.47 Å². The smallest absolute Gasteiger partial charge is 0.122 e. The zero-order chi connectivity index (χ0) is 15.4. The Bertz CT molecular complexity index is 609. The Morgan fingerprint density at radius 1 is 1.10 bits per heavy atom. The summed E-state index contributed by atoms with van der Waals surface area (Å²) in [5.41, 5.74) is 5.64. The maximum atomic E-state index is 6.41. The molecule has 2 aromatic rings. The molecule has 21 heavy (non-hydrogen) atoms. The fraction of sp³-hybridized carbons (Fsp3) is 0.250. The molecular formula is C16H19ClN2O2. The summed E-state index contributed by atoms with van der Waals surface area (Å²) in [5.74, 6) is 7.15. The number of methoxy groups -OCH3 is 2. The predicted molar refractivity (Wildman–Crippen MR) is 84.9 cm³/mol. The maximum Gasteiger partial charge on any atom is 0.122 e. The van der Waals surface area contributed by atoms with E-state index < -0.39 is 0 Å². The van der Waals surface area contributed by atoms with Crippen molar-refractivity contribution in [1.82, 2.24) is 5.43 Å². The predicted octanol–water partition coefficient (Wildman–Crippen LogP) is 3.22. The zero-order valence-electron chi connectivity index (χ0n) is 12.3. The molecule has 0 aliphatic carbocycles. The number of halogens is 1. The van der Waals surface area contributed by atoms with Crippen molar-refractivity contribution in [1.29, 1.82) is 0 Å². The lowest BCUT2D eigenvalue weighted by Crippen LogP contribution is -2.29. The van der Waals surface area contributed by atoms with Gasteiger partial charge in [0.25, 0.3) is 0 Å². The summed E-state index contributed by atoms with van der Waals surface area (Å²) in [5, 5.41) is 0.697. The van der Waals surface area contributed by atoms with Crippen LogP contribution < -0.4 is 20.7 Å². The van der Waals surface area contributed by atoms with Gasteiger partial charge in [-0.2, -0.15) is 0 Å². The molecule has 0 aliphatic rings. The molecular weight excluding hydrogens is 288 g/mol. The molecule has 5 heteroatoms. The van der Waals surface area contributed by atoms with Crippen LogP contribution in [0.3, 0.4) is 0 Å². The highest BCUT2D eigenvalue weighted by Crippen LogP contribution is 2.33. The second-order valence-electron chi connectivity index (χ2n) is 4.72. The van der Waals surface area contributed by atoms with Crippen molar-refractivity contribution in [3.05, 3.63) is 58.1 Å². The third kappa shape index (κ3) is 3.29. The summed E-state index contributed by atoms with van der Waals surface area (Å²) in [7, 11) is 3.23. The van der Waals surface area contributed by atoms with Crippen molar-refractivity contribution in [2.75, 3.05) is 14.2 Å². The van der Waals surface area contributed by atoms with Crippen LogP contribution in [0.5, 0.6) is 11.5 Å². The van der Waals surface area contributed by atoms with E-state index in [1.807, 2.05) is 43.3 Å². The third-order valence-electron chi connectivity index (χ3n) is 3.41. The van der Waals surface area contributed by atoms with Crippen LogP contribution in [0.25, 0.3) is 0 Å². The summed E-state index contributed by atoms with van der Waals surface area (Å²) < 4.78 is 10.6. The molecule has 0 aliphatic heterocycles. The number of aryl methyl sites for hydroxylation is 1. The van der Waals surface area contributed by atoms with E-state index in [9.17, 15) is 0 Å². The van der Waals surface area contributed by atoms with Crippen LogP contribution in [0.2, 0.25) is 5.02 Å². The normalized spacial score (nSPS) is 12.0. The Hall–Kier alpha value is -1.75. The first kappa shape index (κ1) is 15.6. The summed E-state index contributed by atoms with van der Waals surface area (Å²) in [6.07, 6.45) is 0. The number of hydrogen-bond acceptors (Lipinski definition) is 4. The van der Waals surface area contributed by atoms with Gasteiger partial charge in [0.05, 0.1) is 20.3 Å². The first-order valence-corrected chi connectivity index (χ1v) is 6.92. The lowest BCUT2D eigenvalue weighted by atomic mass is 9.97. The minimum atomic E-state index is -0.249. The Morgan fingerprint density at radius 2 is 1.71 bits per heavy atom. The van der Waals surface area contributed by atoms with Crippen LogP contribution in [-0.2, 0) is 0 Å². The van der Waals surface area contributed by atoms with Crippen LogP contribution in [0.4, 0.5) is 0 Å². The first-order valence-electron chi connectivity index (χ1n) is 6.54. The average Bonchev–Trinajstić information content (AvgIpc) is 2.51. The third-order valence-corrected chi connectivity index (χ3v) is 3.92. The quantitative estimate of drug-likeness (QED) is 0.658. The molecule has 1 unspecified atom stereocenters. The Kier molecular flexibility index (Phi) is 5.07. The lowest BCUT2D eigenvalue weighted by Gasteiger charge is -2.20. The number of benzene rings is 2. The van der Waals surface area contributed by atoms with Gasteiger partial charge in [-0.05, 0) is 35.7 Å². The van der Waals surface area contributed by atoms with Gasteiger partial charge in [0, 0.05) is 11.1 Å². The number of nitrogens with one attached hydrogen (secondary N) is 1. The minimum Gasteiger partial charge on any atom is -0.497 e. The highest BCUT2D eigenvalue weighted by atomic mass is 35.5. The largest absolute Gasteiger partial charge is 0.497 e. The molecule has 2 rings (SSSR count). The topological polar surface area (TPSA) is 56.5 Å². The van der Waals surface area contributed by atoms with Crippen LogP contribution in [-0.4, -0.2) is 14.2 Å². The number of nitrogens with two attached hydrogens (primary N) is 1. The van der Waals surface area contributed by atoms with Gasteiger partial charge >= 0.3 is 0 Å². The van der Waals surface area contributed by atoms with E-state index in [0.29, 0.717) is 16.5 Å². The molecule has 0 heterocycles. The SMILES string of the molecule is COc1cc(OC)cc(C(NN)c2cccc(C)c2Cl)c1. The van der Waals surface area contributed by atoms with Crippen LogP contribution in [0.15, 0.2) is 36.4 Å². The van der Waals surface area contributed by atoms with Crippen LogP contribution in [0.1, 0.15) is 22.7 Å². The average molecular weight is 307 g/mol. The van der Waals surface area contributed by atoms with Crippen molar-refractivity contribution in [2.24, 2.45) is 5.84 Å². The second-order valence-corrected chi connectivity index (χ2v) is 5.10. The number of rotatable bonds is 5. The summed E-state index contributed by atoms with van der Waals surface area (Å²) in [6.45, 7) is 1.96. The van der Waals surface area contributed by atoms with Gasteiger partial charge in [-0.15, -0.1) is 0 Å². The molecule has 0 bridgehead atoms. The minimum absolute atomic E-state index is 0.249. The fourth-order valence-corrected chi connectivity index (χ4v) is 2.49. The molecule has 2 aromatic carbocycles. The van der Waals surface area contributed by atoms with Crippen LogP contribution in [0, 0.1) is 6.92 Å². The van der Waals surface area contributed by atoms with E-state index in [-0.39, 0.29) is 6.04 Å². The van der Waals surface area contributed by atoms with Crippen molar-refractivity contribution in [2.45, 2.75) is 13.0 Å². The lowest BCUT2D eigenvalue weighted by molar-refractivity contribution is 0.392. The van der Waals surface area contributed by atoms with E-state index in [0.717, 1.165) is 16.7 Å².